The lowest BCUT2D eigenvalue weighted by Crippen LogP contribution is -2.47. The maximum absolute atomic E-state index is 14.1. The van der Waals surface area contributed by atoms with E-state index in [-0.39, 0.29) is 47.3 Å². The summed E-state index contributed by atoms with van der Waals surface area (Å²) in [5.74, 6) is -0.168. The Balaban J connectivity index is 1.19. The monoisotopic (exact) mass is 673 g/mol. The molecule has 0 unspecified atom stereocenters. The van der Waals surface area contributed by atoms with Gasteiger partial charge >= 0.3 is 6.18 Å². The van der Waals surface area contributed by atoms with E-state index in [1.165, 1.54) is 33.9 Å². The lowest BCUT2D eigenvalue weighted by molar-refractivity contribution is -0.137. The van der Waals surface area contributed by atoms with Gasteiger partial charge in [0, 0.05) is 83.1 Å². The first-order chi connectivity index (χ1) is 22.3. The molecule has 47 heavy (non-hydrogen) atoms. The molecule has 0 radical (unpaired) electrons. The van der Waals surface area contributed by atoms with Crippen LogP contribution in [0.25, 0.3) is 16.9 Å². The maximum Gasteiger partial charge on any atom is 0.419 e. The number of piperazine rings is 1. The highest BCUT2D eigenvalue weighted by Gasteiger charge is 2.37. The zero-order chi connectivity index (χ0) is 33.5. The van der Waals surface area contributed by atoms with E-state index in [0.717, 1.165) is 44.6 Å². The van der Waals surface area contributed by atoms with E-state index < -0.39 is 21.8 Å². The van der Waals surface area contributed by atoms with Gasteiger partial charge in [-0.3, -0.25) is 9.88 Å². The predicted molar refractivity (Wildman–Crippen MR) is 168 cm³/mol. The second-order valence-corrected chi connectivity index (χ2v) is 14.3. The van der Waals surface area contributed by atoms with Crippen LogP contribution in [0.3, 0.4) is 0 Å². The molecule has 2 aliphatic rings. The molecule has 0 spiro atoms. The summed E-state index contributed by atoms with van der Waals surface area (Å²) >= 11 is 0. The summed E-state index contributed by atoms with van der Waals surface area (Å²) in [7, 11) is 0.0307. The van der Waals surface area contributed by atoms with E-state index in [1.54, 1.807) is 11.6 Å². The molecule has 0 bridgehead atoms. The van der Waals surface area contributed by atoms with Crippen LogP contribution in [0.1, 0.15) is 30.3 Å². The van der Waals surface area contributed by atoms with Crippen LogP contribution in [0.15, 0.2) is 48.3 Å². The van der Waals surface area contributed by atoms with Gasteiger partial charge in [0.1, 0.15) is 5.56 Å². The first kappa shape index (κ1) is 33.0. The van der Waals surface area contributed by atoms with Gasteiger partial charge in [0.25, 0.3) is 10.0 Å². The summed E-state index contributed by atoms with van der Waals surface area (Å²) < 4.78 is 72.9. The van der Waals surface area contributed by atoms with Crippen molar-refractivity contribution in [3.8, 4) is 16.9 Å². The zero-order valence-corrected chi connectivity index (χ0v) is 27.5. The molecular formula is C30H38F3N11O2S. The van der Waals surface area contributed by atoms with Gasteiger partial charge in [-0.05, 0) is 38.4 Å². The Kier molecular flexibility index (Phi) is 9.08. The van der Waals surface area contributed by atoms with Crippen LogP contribution in [-0.2, 0) is 29.8 Å². The highest BCUT2D eigenvalue weighted by Crippen LogP contribution is 2.36. The minimum Gasteiger partial charge on any atom is -0.351 e. The molecule has 1 N–H and O–H groups in total. The number of pyridine rings is 1. The fraction of sp³-hybridized carbons (Fsp3) is 0.500. The van der Waals surface area contributed by atoms with E-state index in [2.05, 4.69) is 42.2 Å². The second-order valence-electron chi connectivity index (χ2n) is 12.4. The first-order valence-corrected chi connectivity index (χ1v) is 16.8. The van der Waals surface area contributed by atoms with Crippen molar-refractivity contribution in [3.63, 3.8) is 0 Å². The first-order valence-electron chi connectivity index (χ1n) is 15.4. The van der Waals surface area contributed by atoms with Crippen LogP contribution in [0.2, 0.25) is 0 Å². The van der Waals surface area contributed by atoms with E-state index >= 15 is 0 Å². The number of anilines is 1. The number of hydrogen-bond acceptors (Lipinski definition) is 10. The van der Waals surface area contributed by atoms with Gasteiger partial charge in [0.05, 0.1) is 35.3 Å². The van der Waals surface area contributed by atoms with Gasteiger partial charge in [-0.25, -0.2) is 28.1 Å². The van der Waals surface area contributed by atoms with Crippen molar-refractivity contribution in [1.82, 2.24) is 48.4 Å². The lowest BCUT2D eigenvalue weighted by atomic mass is 9.95. The number of halogens is 3. The van der Waals surface area contributed by atoms with E-state index in [1.807, 2.05) is 26.0 Å². The molecule has 6 heterocycles. The fourth-order valence-corrected chi connectivity index (χ4v) is 7.51. The van der Waals surface area contributed by atoms with Gasteiger partial charge in [0.15, 0.2) is 5.03 Å². The summed E-state index contributed by atoms with van der Waals surface area (Å²) in [5.41, 5.74) is 1.17. The zero-order valence-electron chi connectivity index (χ0n) is 26.7. The largest absolute Gasteiger partial charge is 0.419 e. The number of aryl methyl sites for hydroxylation is 2. The Hall–Kier alpha value is -3.93. The molecule has 2 saturated heterocycles. The van der Waals surface area contributed by atoms with Crippen LogP contribution >= 0.6 is 0 Å². The van der Waals surface area contributed by atoms with Gasteiger partial charge in [-0.2, -0.15) is 22.6 Å². The SMILES string of the molecule is Cc1nc(CN2CCN(C)CC2)ccc1-n1cc(-c2nc(N[C@H]3CCN(S(=O)(=O)c4cn(C)cn4)C[C@H]3C)ncc2C(F)(F)F)cn1. The van der Waals surface area contributed by atoms with Crippen LogP contribution in [0.4, 0.5) is 19.1 Å². The Morgan fingerprint density at radius 2 is 1.77 bits per heavy atom. The number of sulfonamides is 1. The highest BCUT2D eigenvalue weighted by atomic mass is 32.2. The fourth-order valence-electron chi connectivity index (χ4n) is 5.99. The molecule has 4 aromatic rings. The number of hydrogen-bond donors (Lipinski definition) is 1. The Bertz CT molecular complexity index is 1830. The van der Waals surface area contributed by atoms with E-state index in [0.29, 0.717) is 17.8 Å². The molecule has 0 saturated carbocycles. The van der Waals surface area contributed by atoms with Crippen molar-refractivity contribution >= 4 is 16.0 Å². The summed E-state index contributed by atoms with van der Waals surface area (Å²) in [6.07, 6.45) is 2.22. The quantitative estimate of drug-likeness (QED) is 0.298. The molecule has 252 valence electrons. The van der Waals surface area contributed by atoms with E-state index in [4.69, 9.17) is 4.98 Å². The number of nitrogens with zero attached hydrogens (tertiary/aromatic N) is 10. The van der Waals surface area contributed by atoms with Crippen LogP contribution in [0.5, 0.6) is 0 Å². The predicted octanol–water partition coefficient (Wildman–Crippen LogP) is 3.04. The van der Waals surface area contributed by atoms with Crippen molar-refractivity contribution in [2.75, 3.05) is 51.6 Å². The average Bonchev–Trinajstić information content (AvgIpc) is 3.69. The Morgan fingerprint density at radius 1 is 1.00 bits per heavy atom. The van der Waals surface area contributed by atoms with Gasteiger partial charge < -0.3 is 14.8 Å². The van der Waals surface area contributed by atoms with Gasteiger partial charge in [-0.1, -0.05) is 6.92 Å². The van der Waals surface area contributed by atoms with Gasteiger partial charge in [0.2, 0.25) is 5.95 Å². The minimum atomic E-state index is -4.70. The smallest absolute Gasteiger partial charge is 0.351 e. The molecule has 6 rings (SSSR count). The lowest BCUT2D eigenvalue weighted by Gasteiger charge is -2.36. The molecule has 2 fully saturated rings. The Morgan fingerprint density at radius 3 is 2.43 bits per heavy atom. The number of aromatic nitrogens is 7. The number of likely N-dealkylation sites (N-methyl/N-ethyl adjacent to an activating group) is 1. The van der Waals surface area contributed by atoms with Crippen molar-refractivity contribution < 1.29 is 21.6 Å². The summed E-state index contributed by atoms with van der Waals surface area (Å²) in [6.45, 7) is 8.80. The minimum absolute atomic E-state index is 0.0183. The number of imidazole rings is 1. The third-order valence-electron chi connectivity index (χ3n) is 8.76. The standard InChI is InChI=1S/C30H38F3N11O2S/c1-20-15-43(47(45,46)27-18-41(4)19-35-27)8-7-25(20)38-29-34-14-24(30(31,32)33)28(39-29)22-13-36-44(16-22)26-6-5-23(37-21(26)2)17-42-11-9-40(3)10-12-42/h5-6,13-14,16,18-20,25H,7-12,15,17H2,1-4H3,(H,34,38,39)/t20-,25+/m1/s1. The molecule has 17 heteroatoms. The average molecular weight is 674 g/mol. The second kappa shape index (κ2) is 12.9. The molecule has 2 atom stereocenters. The summed E-state index contributed by atoms with van der Waals surface area (Å²) in [4.78, 5) is 21.7. The number of alkyl halides is 3. The summed E-state index contributed by atoms with van der Waals surface area (Å²) in [5, 5.41) is 7.48. The molecule has 13 nitrogen and oxygen atoms in total. The van der Waals surface area contributed by atoms with Crippen LogP contribution < -0.4 is 5.32 Å². The topological polar surface area (TPSA) is 130 Å². The van der Waals surface area contributed by atoms with E-state index in [9.17, 15) is 21.6 Å². The summed E-state index contributed by atoms with van der Waals surface area (Å²) in [6, 6.07) is 3.53. The molecule has 2 aliphatic heterocycles. The Labute approximate surface area is 271 Å². The highest BCUT2D eigenvalue weighted by molar-refractivity contribution is 7.89. The van der Waals surface area contributed by atoms with Crippen molar-refractivity contribution in [3.05, 3.63) is 60.2 Å². The van der Waals surface area contributed by atoms with Crippen molar-refractivity contribution in [2.24, 2.45) is 13.0 Å². The molecule has 0 amide bonds. The molecule has 0 aromatic carbocycles. The van der Waals surface area contributed by atoms with Crippen molar-refractivity contribution in [2.45, 2.75) is 44.1 Å². The molecule has 0 aliphatic carbocycles. The number of piperidine rings is 1. The molecular weight excluding hydrogens is 635 g/mol. The van der Waals surface area contributed by atoms with Gasteiger partial charge in [-0.15, -0.1) is 0 Å². The third kappa shape index (κ3) is 7.17. The normalized spacial score (nSPS) is 20.5. The maximum atomic E-state index is 14.1. The third-order valence-corrected chi connectivity index (χ3v) is 10.5. The van der Waals surface area contributed by atoms with Crippen LogP contribution in [0, 0.1) is 12.8 Å². The van der Waals surface area contributed by atoms with Crippen LogP contribution in [-0.4, -0.2) is 109 Å². The number of nitrogens with one attached hydrogen (secondary N) is 1. The number of rotatable bonds is 8. The van der Waals surface area contributed by atoms with Crippen molar-refractivity contribution in [1.29, 1.82) is 0 Å². The molecule has 4 aromatic heterocycles.